The summed E-state index contributed by atoms with van der Waals surface area (Å²) in [5.41, 5.74) is 0. The van der Waals surface area contributed by atoms with E-state index in [2.05, 4.69) is 92.1 Å². The molecule has 0 saturated carbocycles. The molecule has 0 aliphatic carbocycles. The summed E-state index contributed by atoms with van der Waals surface area (Å²) in [6.07, 6.45) is 78.0. The zero-order valence-electron chi connectivity index (χ0n) is 63.5. The van der Waals surface area contributed by atoms with Crippen molar-refractivity contribution in [2.75, 3.05) is 19.8 Å². The fourth-order valence-electron chi connectivity index (χ4n) is 13.7. The quantitative estimate of drug-likeness (QED) is 0.0204. The Kier molecular flexibility index (Phi) is 64.0. The number of aliphatic hydroxyl groups is 8. The lowest BCUT2D eigenvalue weighted by atomic mass is 9.97. The molecular weight excluding hydrogens is 1240 g/mol. The van der Waals surface area contributed by atoms with Gasteiger partial charge in [0.05, 0.1) is 32.0 Å². The molecule has 99 heavy (non-hydrogen) atoms. The molecule has 2 fully saturated rings. The zero-order chi connectivity index (χ0) is 71.5. The molecule has 2 aliphatic heterocycles. The minimum atomic E-state index is -1.79. The van der Waals surface area contributed by atoms with Crippen molar-refractivity contribution in [3.8, 4) is 0 Å². The van der Waals surface area contributed by atoms with Crippen molar-refractivity contribution >= 4 is 5.91 Å². The van der Waals surface area contributed by atoms with Crippen LogP contribution in [0.4, 0.5) is 0 Å². The second-order valence-electron chi connectivity index (χ2n) is 29.2. The average Bonchev–Trinajstić information content (AvgIpc) is 0.799. The number of hydrogen-bond acceptors (Lipinski definition) is 13. The summed E-state index contributed by atoms with van der Waals surface area (Å²) in [6, 6.07) is -0.833. The lowest BCUT2D eigenvalue weighted by Gasteiger charge is -2.46. The van der Waals surface area contributed by atoms with Gasteiger partial charge in [0.2, 0.25) is 5.91 Å². The van der Waals surface area contributed by atoms with Crippen molar-refractivity contribution in [2.45, 2.75) is 441 Å². The number of ether oxygens (including phenoxy) is 4. The average molecular weight is 1400 g/mol. The van der Waals surface area contributed by atoms with E-state index in [4.69, 9.17) is 18.9 Å². The number of nitrogens with one attached hydrogen (secondary N) is 1. The standard InChI is InChI=1S/C85H155NO13/c1-3-5-7-9-11-13-15-17-19-21-23-25-27-29-31-33-35-36-37-38-39-41-43-45-47-49-51-53-55-57-59-61-63-65-67-69-77(90)86-73(72-96-84-82(95)80(93)83(76(71-88)98-84)99-85-81(94)79(92)78(91)75(70-87)97-85)74(89)68-66-64-62-60-58-56-54-52-50-48-46-44-42-40-34-32-30-28-26-24-22-20-18-16-14-12-10-8-6-4-2/h5,7,11,13,17,19,23,25,29,31,35-36,73-76,78-85,87-89,91-95H,3-4,6,8-10,12,14-16,18,20-22,24,26-28,30,32-34,37-72H2,1-2H3,(H,86,90)/b7-5-,13-11-,19-17-,25-23-,31-29-,36-35-. The highest BCUT2D eigenvalue weighted by Crippen LogP contribution is 2.30. The van der Waals surface area contributed by atoms with Gasteiger partial charge in [0, 0.05) is 6.42 Å². The number of aliphatic hydroxyl groups excluding tert-OH is 8. The largest absolute Gasteiger partial charge is 0.394 e. The fourth-order valence-corrected chi connectivity index (χ4v) is 13.7. The lowest BCUT2D eigenvalue weighted by molar-refractivity contribution is -0.359. The Labute approximate surface area is 606 Å². The van der Waals surface area contributed by atoms with E-state index in [1.165, 1.54) is 250 Å². The van der Waals surface area contributed by atoms with Crippen LogP contribution in [0.1, 0.15) is 367 Å². The van der Waals surface area contributed by atoms with E-state index in [-0.39, 0.29) is 12.5 Å². The van der Waals surface area contributed by atoms with Gasteiger partial charge in [-0.3, -0.25) is 4.79 Å². The molecule has 1 amide bonds. The SMILES string of the molecule is CC/C=C\C/C=C\C/C=C\C/C=C\C/C=C\C/C=C\CCCCCCCCCCCCCCCCCCC(=O)NC(COC1OC(CO)C(OC2OC(CO)C(O)C(O)C2O)C(O)C1O)C(O)CCCCCCCCCCCCCCCCCCCCCCCCCCCCCCCC. The topological polar surface area (TPSA) is 228 Å². The molecule has 2 heterocycles. The maximum atomic E-state index is 13.4. The van der Waals surface area contributed by atoms with Crippen LogP contribution in [-0.4, -0.2) is 140 Å². The molecule has 9 N–H and O–H groups in total. The zero-order valence-corrected chi connectivity index (χ0v) is 63.5. The Morgan fingerprint density at radius 1 is 0.374 bits per heavy atom. The van der Waals surface area contributed by atoms with Crippen LogP contribution in [0.5, 0.6) is 0 Å². The van der Waals surface area contributed by atoms with Gasteiger partial charge in [-0.1, -0.05) is 369 Å². The normalized spacial score (nSPS) is 22.3. The number of carbonyl (C=O) groups excluding carboxylic acids is 1. The van der Waals surface area contributed by atoms with Crippen LogP contribution >= 0.6 is 0 Å². The highest BCUT2D eigenvalue weighted by atomic mass is 16.7. The number of carbonyl (C=O) groups is 1. The molecule has 12 atom stereocenters. The Balaban J connectivity index is 1.59. The van der Waals surface area contributed by atoms with Gasteiger partial charge in [0.25, 0.3) is 0 Å². The number of allylic oxidation sites excluding steroid dienone is 12. The molecule has 12 unspecified atom stereocenters. The first-order valence-corrected chi connectivity index (χ1v) is 41.7. The summed E-state index contributed by atoms with van der Waals surface area (Å²) in [4.78, 5) is 13.4. The maximum Gasteiger partial charge on any atom is 0.220 e. The Morgan fingerprint density at radius 3 is 1.07 bits per heavy atom. The molecule has 0 aromatic rings. The minimum Gasteiger partial charge on any atom is -0.394 e. The van der Waals surface area contributed by atoms with Crippen molar-refractivity contribution in [3.63, 3.8) is 0 Å². The van der Waals surface area contributed by atoms with Gasteiger partial charge in [-0.2, -0.15) is 0 Å². The molecular formula is C85H155NO13. The van der Waals surface area contributed by atoms with Gasteiger partial charge in [0.1, 0.15) is 48.8 Å². The molecule has 0 bridgehead atoms. The van der Waals surface area contributed by atoms with Gasteiger partial charge in [-0.25, -0.2) is 0 Å². The molecule has 0 spiro atoms. The molecule has 0 aromatic carbocycles. The molecule has 0 aromatic heterocycles. The van der Waals surface area contributed by atoms with E-state index in [1.807, 2.05) is 0 Å². The molecule has 14 heteroatoms. The predicted octanol–water partition coefficient (Wildman–Crippen LogP) is 19.3. The first-order chi connectivity index (χ1) is 48.6. The third-order valence-electron chi connectivity index (χ3n) is 20.2. The minimum absolute atomic E-state index is 0.202. The number of hydrogen-bond donors (Lipinski definition) is 9. The van der Waals surface area contributed by atoms with E-state index in [0.717, 1.165) is 89.9 Å². The monoisotopic (exact) mass is 1400 g/mol. The fraction of sp³-hybridized carbons (Fsp3) is 0.847. The van der Waals surface area contributed by atoms with Crippen LogP contribution in [0.25, 0.3) is 0 Å². The van der Waals surface area contributed by atoms with E-state index in [9.17, 15) is 45.6 Å². The number of unbranched alkanes of at least 4 members (excludes halogenated alkanes) is 45. The molecule has 0 radical (unpaired) electrons. The summed E-state index contributed by atoms with van der Waals surface area (Å²) >= 11 is 0. The van der Waals surface area contributed by atoms with Crippen molar-refractivity contribution < 1.29 is 64.6 Å². The first kappa shape index (κ1) is 92.5. The van der Waals surface area contributed by atoms with E-state index >= 15 is 0 Å². The summed E-state index contributed by atoms with van der Waals surface area (Å²) in [5.74, 6) is -0.202. The molecule has 14 nitrogen and oxygen atoms in total. The highest BCUT2D eigenvalue weighted by molar-refractivity contribution is 5.76. The Morgan fingerprint density at radius 2 is 0.697 bits per heavy atom. The molecule has 2 rings (SSSR count). The van der Waals surface area contributed by atoms with Crippen LogP contribution in [-0.2, 0) is 23.7 Å². The van der Waals surface area contributed by atoms with Crippen molar-refractivity contribution in [1.29, 1.82) is 0 Å². The molecule has 2 saturated heterocycles. The number of amides is 1. The van der Waals surface area contributed by atoms with Crippen molar-refractivity contribution in [2.24, 2.45) is 0 Å². The van der Waals surface area contributed by atoms with Crippen molar-refractivity contribution in [1.82, 2.24) is 5.32 Å². The smallest absolute Gasteiger partial charge is 0.220 e. The highest BCUT2D eigenvalue weighted by Gasteiger charge is 2.51. The molecule has 578 valence electrons. The lowest BCUT2D eigenvalue weighted by Crippen LogP contribution is -2.65. The summed E-state index contributed by atoms with van der Waals surface area (Å²) in [7, 11) is 0. The van der Waals surface area contributed by atoms with Crippen LogP contribution in [0.2, 0.25) is 0 Å². The summed E-state index contributed by atoms with van der Waals surface area (Å²) in [5, 5.41) is 88.0. The van der Waals surface area contributed by atoms with Gasteiger partial charge >= 0.3 is 0 Å². The van der Waals surface area contributed by atoms with E-state index in [0.29, 0.717) is 12.8 Å². The predicted molar refractivity (Wildman–Crippen MR) is 410 cm³/mol. The van der Waals surface area contributed by atoms with Gasteiger partial charge in [-0.05, 0) is 64.2 Å². The van der Waals surface area contributed by atoms with Gasteiger partial charge in [0.15, 0.2) is 12.6 Å². The van der Waals surface area contributed by atoms with Gasteiger partial charge < -0.3 is 65.1 Å². The van der Waals surface area contributed by atoms with E-state index < -0.39 is 86.8 Å². The Hall–Kier alpha value is -2.57. The first-order valence-electron chi connectivity index (χ1n) is 41.7. The molecule has 2 aliphatic rings. The van der Waals surface area contributed by atoms with Crippen molar-refractivity contribution in [3.05, 3.63) is 72.9 Å². The van der Waals surface area contributed by atoms with Crippen LogP contribution in [0.15, 0.2) is 72.9 Å². The summed E-state index contributed by atoms with van der Waals surface area (Å²) in [6.45, 7) is 2.81. The van der Waals surface area contributed by atoms with Crippen LogP contribution in [0.3, 0.4) is 0 Å². The van der Waals surface area contributed by atoms with Crippen LogP contribution < -0.4 is 5.32 Å². The second-order valence-corrected chi connectivity index (χ2v) is 29.2. The maximum absolute atomic E-state index is 13.4. The summed E-state index contributed by atoms with van der Waals surface area (Å²) < 4.78 is 23.0. The second kappa shape index (κ2) is 68.5. The number of rotatable bonds is 70. The third-order valence-corrected chi connectivity index (χ3v) is 20.2. The third kappa shape index (κ3) is 51.3. The Bertz CT molecular complexity index is 1940. The van der Waals surface area contributed by atoms with E-state index in [1.54, 1.807) is 0 Å². The van der Waals surface area contributed by atoms with Gasteiger partial charge in [-0.15, -0.1) is 0 Å². The van der Waals surface area contributed by atoms with Crippen LogP contribution in [0, 0.1) is 0 Å².